The van der Waals surface area contributed by atoms with Crippen molar-refractivity contribution in [3.05, 3.63) is 53.7 Å². The minimum atomic E-state index is -4.36. The Balaban J connectivity index is 1.73. The third-order valence-electron chi connectivity index (χ3n) is 3.79. The van der Waals surface area contributed by atoms with Gasteiger partial charge in [-0.3, -0.25) is 0 Å². The van der Waals surface area contributed by atoms with Crippen molar-refractivity contribution in [2.75, 3.05) is 0 Å². The first-order valence-electron chi connectivity index (χ1n) is 7.35. The number of aromatic nitrogens is 4. The highest BCUT2D eigenvalue weighted by atomic mass is 32.1. The second-order valence-electron chi connectivity index (χ2n) is 5.41. The number of halogens is 3. The molecular weight excluding hydrogens is 363 g/mol. The first kappa shape index (κ1) is 16.2. The molecule has 5 nitrogen and oxygen atoms in total. The monoisotopic (exact) mass is 371 g/mol. The summed E-state index contributed by atoms with van der Waals surface area (Å²) in [4.78, 5) is 4.44. The number of hydrogen-bond donors (Lipinski definition) is 1. The number of rotatable bonds is 2. The van der Waals surface area contributed by atoms with Crippen molar-refractivity contribution in [3.8, 4) is 27.9 Å². The van der Waals surface area contributed by atoms with Gasteiger partial charge in [-0.1, -0.05) is 18.2 Å². The number of nitriles is 1. The van der Waals surface area contributed by atoms with E-state index in [2.05, 4.69) is 20.4 Å². The number of fused-ring (bicyclic) bond motifs is 1. The molecule has 26 heavy (non-hydrogen) atoms. The maximum Gasteiger partial charge on any atom is 0.416 e. The molecule has 0 bridgehead atoms. The van der Waals surface area contributed by atoms with Crippen molar-refractivity contribution in [3.63, 3.8) is 0 Å². The number of aromatic amines is 1. The lowest BCUT2D eigenvalue weighted by Gasteiger charge is -2.07. The molecule has 0 fully saturated rings. The third-order valence-corrected chi connectivity index (χ3v) is 4.82. The molecule has 9 heteroatoms. The summed E-state index contributed by atoms with van der Waals surface area (Å²) in [7, 11) is 0. The van der Waals surface area contributed by atoms with Gasteiger partial charge in [-0.2, -0.15) is 28.7 Å². The van der Waals surface area contributed by atoms with Crippen molar-refractivity contribution in [2.24, 2.45) is 0 Å². The van der Waals surface area contributed by atoms with E-state index in [0.717, 1.165) is 22.4 Å². The molecule has 2 aromatic heterocycles. The van der Waals surface area contributed by atoms with Crippen LogP contribution in [0.1, 0.15) is 11.3 Å². The van der Waals surface area contributed by atoms with Crippen molar-refractivity contribution < 1.29 is 13.2 Å². The maximum atomic E-state index is 12.7. The van der Waals surface area contributed by atoms with Crippen LogP contribution in [0.5, 0.6) is 0 Å². The highest BCUT2D eigenvalue weighted by Crippen LogP contribution is 2.34. The Morgan fingerprint density at radius 2 is 1.73 bits per heavy atom. The van der Waals surface area contributed by atoms with Crippen LogP contribution in [0.3, 0.4) is 0 Å². The number of alkyl halides is 3. The Labute approximate surface area is 148 Å². The molecule has 0 radical (unpaired) electrons. The van der Waals surface area contributed by atoms with Gasteiger partial charge in [0.1, 0.15) is 11.1 Å². The van der Waals surface area contributed by atoms with Gasteiger partial charge in [0.25, 0.3) is 0 Å². The van der Waals surface area contributed by atoms with Crippen LogP contribution in [0.25, 0.3) is 32.0 Å². The maximum absolute atomic E-state index is 12.7. The van der Waals surface area contributed by atoms with Crippen LogP contribution in [0.4, 0.5) is 13.2 Å². The molecular formula is C17H8F3N5S. The van der Waals surface area contributed by atoms with Crippen LogP contribution in [0.2, 0.25) is 0 Å². The van der Waals surface area contributed by atoms with Gasteiger partial charge in [0, 0.05) is 0 Å². The van der Waals surface area contributed by atoms with E-state index in [1.54, 1.807) is 12.1 Å². The van der Waals surface area contributed by atoms with Crippen LogP contribution in [0, 0.1) is 11.3 Å². The standard InChI is InChI=1S/C17H8F3N5S/c18-17(19,20)11-4-1-9(2-5-11)10-3-6-12-14(7-10)26-16(22-12)15-13(8-21)23-25-24-15/h1-7H,(H,23,24,25). The second kappa shape index (κ2) is 5.93. The number of thiazole rings is 1. The van der Waals surface area contributed by atoms with Gasteiger partial charge in [0.05, 0.1) is 15.8 Å². The first-order chi connectivity index (χ1) is 12.5. The van der Waals surface area contributed by atoms with Gasteiger partial charge in [0.15, 0.2) is 11.4 Å². The molecule has 0 aliphatic rings. The van der Waals surface area contributed by atoms with E-state index in [0.29, 0.717) is 21.8 Å². The Kier molecular flexibility index (Phi) is 3.70. The summed E-state index contributed by atoms with van der Waals surface area (Å²) in [6, 6.07) is 12.4. The van der Waals surface area contributed by atoms with E-state index in [1.165, 1.54) is 23.5 Å². The zero-order valence-corrected chi connectivity index (χ0v) is 13.7. The SMILES string of the molecule is N#Cc1n[nH]nc1-c1nc2ccc(-c3ccc(C(F)(F)F)cc3)cc2s1. The molecule has 4 aromatic rings. The Morgan fingerprint density at radius 3 is 2.42 bits per heavy atom. The summed E-state index contributed by atoms with van der Waals surface area (Å²) in [5, 5.41) is 19.7. The van der Waals surface area contributed by atoms with Gasteiger partial charge in [-0.15, -0.1) is 16.4 Å². The van der Waals surface area contributed by atoms with E-state index in [4.69, 9.17) is 5.26 Å². The number of nitrogens with one attached hydrogen (secondary N) is 1. The lowest BCUT2D eigenvalue weighted by Crippen LogP contribution is -2.03. The molecule has 0 atom stereocenters. The largest absolute Gasteiger partial charge is 0.416 e. The molecule has 0 aliphatic carbocycles. The molecule has 2 aromatic carbocycles. The molecule has 128 valence electrons. The predicted molar refractivity (Wildman–Crippen MR) is 90.1 cm³/mol. The smallest absolute Gasteiger partial charge is 0.234 e. The summed E-state index contributed by atoms with van der Waals surface area (Å²) in [5.74, 6) is 0. The number of benzene rings is 2. The fraction of sp³-hybridized carbons (Fsp3) is 0.0588. The molecule has 0 saturated carbocycles. The Bertz CT molecular complexity index is 1140. The van der Waals surface area contributed by atoms with Gasteiger partial charge in [0.2, 0.25) is 0 Å². The van der Waals surface area contributed by atoms with Gasteiger partial charge < -0.3 is 0 Å². The van der Waals surface area contributed by atoms with Crippen LogP contribution < -0.4 is 0 Å². The summed E-state index contributed by atoms with van der Waals surface area (Å²) in [5.41, 5.74) is 2.03. The highest BCUT2D eigenvalue weighted by Gasteiger charge is 2.30. The van der Waals surface area contributed by atoms with E-state index >= 15 is 0 Å². The van der Waals surface area contributed by atoms with Crippen LogP contribution >= 0.6 is 11.3 Å². The van der Waals surface area contributed by atoms with Gasteiger partial charge >= 0.3 is 6.18 Å². The molecule has 1 N–H and O–H groups in total. The summed E-state index contributed by atoms with van der Waals surface area (Å²) < 4.78 is 38.9. The average molecular weight is 371 g/mol. The van der Waals surface area contributed by atoms with Crippen LogP contribution in [-0.4, -0.2) is 20.4 Å². The zero-order chi connectivity index (χ0) is 18.3. The number of hydrogen-bond acceptors (Lipinski definition) is 5. The van der Waals surface area contributed by atoms with Crippen molar-refractivity contribution in [1.82, 2.24) is 20.4 Å². The number of nitrogens with zero attached hydrogens (tertiary/aromatic N) is 4. The number of H-pyrrole nitrogens is 1. The fourth-order valence-corrected chi connectivity index (χ4v) is 3.51. The lowest BCUT2D eigenvalue weighted by molar-refractivity contribution is -0.137. The van der Waals surface area contributed by atoms with E-state index < -0.39 is 11.7 Å². The summed E-state index contributed by atoms with van der Waals surface area (Å²) in [6.45, 7) is 0. The lowest BCUT2D eigenvalue weighted by atomic mass is 10.0. The minimum absolute atomic E-state index is 0.159. The molecule has 0 saturated heterocycles. The van der Waals surface area contributed by atoms with E-state index in [1.807, 2.05) is 12.1 Å². The molecule has 0 unspecified atom stereocenters. The predicted octanol–water partition coefficient (Wildman–Crippen LogP) is 4.64. The van der Waals surface area contributed by atoms with E-state index in [9.17, 15) is 13.2 Å². The molecule has 0 aliphatic heterocycles. The van der Waals surface area contributed by atoms with Crippen LogP contribution in [-0.2, 0) is 6.18 Å². The third kappa shape index (κ3) is 2.80. The van der Waals surface area contributed by atoms with Gasteiger partial charge in [-0.25, -0.2) is 4.98 Å². The minimum Gasteiger partial charge on any atom is -0.234 e. The normalized spacial score (nSPS) is 11.6. The van der Waals surface area contributed by atoms with Crippen LogP contribution in [0.15, 0.2) is 42.5 Å². The fourth-order valence-electron chi connectivity index (χ4n) is 2.52. The molecule has 0 spiro atoms. The Hall–Kier alpha value is -3.25. The Morgan fingerprint density at radius 1 is 1.00 bits per heavy atom. The summed E-state index contributed by atoms with van der Waals surface area (Å²) in [6.07, 6.45) is -4.36. The van der Waals surface area contributed by atoms with Crippen molar-refractivity contribution in [1.29, 1.82) is 5.26 Å². The quantitative estimate of drug-likeness (QED) is 0.557. The average Bonchev–Trinajstić information content (AvgIpc) is 3.26. The van der Waals surface area contributed by atoms with Gasteiger partial charge in [-0.05, 0) is 35.4 Å². The molecule has 4 rings (SSSR count). The van der Waals surface area contributed by atoms with Crippen molar-refractivity contribution >= 4 is 21.6 Å². The molecule has 0 amide bonds. The second-order valence-corrected chi connectivity index (χ2v) is 6.44. The first-order valence-corrected chi connectivity index (χ1v) is 8.17. The van der Waals surface area contributed by atoms with E-state index in [-0.39, 0.29) is 5.69 Å². The molecule has 2 heterocycles. The van der Waals surface area contributed by atoms with Crippen molar-refractivity contribution in [2.45, 2.75) is 6.18 Å². The topological polar surface area (TPSA) is 78.2 Å². The summed E-state index contributed by atoms with van der Waals surface area (Å²) >= 11 is 1.34. The zero-order valence-electron chi connectivity index (χ0n) is 12.9. The highest BCUT2D eigenvalue weighted by molar-refractivity contribution is 7.21.